The SMILES string of the molecule is COC12C=CC(C)(O1)C(OC(=O)/C=C/c1cn(C)cn1)CC1C(C)=CC[C@H](C(C)C)C1/C=C\2COC1OCC(O)C(O)C1O.[Ac]. The minimum absolute atomic E-state index is 0. The van der Waals surface area contributed by atoms with Crippen LogP contribution in [0.3, 0.4) is 0 Å². The molecule has 1 radical (unpaired) electrons. The number of imidazole rings is 1. The van der Waals surface area contributed by atoms with Gasteiger partial charge >= 0.3 is 5.97 Å². The molecule has 3 N–H and O–H groups in total. The monoisotopic (exact) mass is 841 g/mol. The Labute approximate surface area is 300 Å². The average Bonchev–Trinajstić information content (AvgIpc) is 3.58. The summed E-state index contributed by atoms with van der Waals surface area (Å²) in [7, 11) is 3.41. The maximum Gasteiger partial charge on any atom is 0.331 e. The van der Waals surface area contributed by atoms with Gasteiger partial charge in [0.1, 0.15) is 30.0 Å². The van der Waals surface area contributed by atoms with E-state index >= 15 is 0 Å². The number of allylic oxidation sites excluding steroid dienone is 3. The van der Waals surface area contributed by atoms with Crippen LogP contribution in [0.15, 0.2) is 54.1 Å². The van der Waals surface area contributed by atoms with E-state index in [-0.39, 0.29) is 75.0 Å². The molecule has 5 rings (SSSR count). The molecule has 3 aliphatic heterocycles. The van der Waals surface area contributed by atoms with Crippen LogP contribution in [0.2, 0.25) is 0 Å². The molecule has 1 fully saturated rings. The van der Waals surface area contributed by atoms with Crippen molar-refractivity contribution >= 4 is 12.0 Å². The van der Waals surface area contributed by atoms with Crippen molar-refractivity contribution in [2.24, 2.45) is 30.7 Å². The zero-order chi connectivity index (χ0) is 31.8. The predicted molar refractivity (Wildman–Crippen MR) is 161 cm³/mol. The van der Waals surface area contributed by atoms with Crippen LogP contribution < -0.4 is 0 Å². The van der Waals surface area contributed by atoms with Gasteiger partial charge in [-0.3, -0.25) is 0 Å². The Bertz CT molecular complexity index is 1320. The number of aliphatic hydroxyl groups excluding tert-OH is 3. The zero-order valence-corrected chi connectivity index (χ0v) is 31.7. The van der Waals surface area contributed by atoms with Gasteiger partial charge in [-0.2, -0.15) is 0 Å². The number of methoxy groups -OCH3 is 1. The van der Waals surface area contributed by atoms with Crippen molar-refractivity contribution in [1.82, 2.24) is 9.55 Å². The van der Waals surface area contributed by atoms with Crippen molar-refractivity contribution in [3.63, 3.8) is 0 Å². The molecule has 0 aromatic carbocycles. The number of carbonyl (C=O) groups is 1. The minimum Gasteiger partial charge on any atom is -0.456 e. The Hall–Kier alpha value is -1.20. The minimum atomic E-state index is -1.43. The molecular weight excluding hydrogens is 795 g/mol. The van der Waals surface area contributed by atoms with Crippen LogP contribution in [0.5, 0.6) is 0 Å². The van der Waals surface area contributed by atoms with Crippen molar-refractivity contribution in [1.29, 1.82) is 0 Å². The summed E-state index contributed by atoms with van der Waals surface area (Å²) < 4.78 is 32.4. The van der Waals surface area contributed by atoms with Gasteiger partial charge < -0.3 is 43.6 Å². The normalized spacial score (nSPS) is 39.2. The van der Waals surface area contributed by atoms with Crippen LogP contribution in [0, 0.1) is 67.7 Å². The zero-order valence-electron chi connectivity index (χ0n) is 26.9. The third kappa shape index (κ3) is 7.76. The molecule has 0 saturated carbocycles. The number of rotatable bonds is 8. The van der Waals surface area contributed by atoms with E-state index in [9.17, 15) is 20.1 Å². The first kappa shape index (κ1) is 36.6. The molecule has 1 aliphatic carbocycles. The van der Waals surface area contributed by atoms with Crippen LogP contribution in [0.4, 0.5) is 0 Å². The number of aromatic nitrogens is 2. The Kier molecular flexibility index (Phi) is 12.1. The number of nitrogens with zero attached hydrogens (tertiary/aromatic N) is 2. The fraction of sp³-hybridized carbons (Fsp3) is 0.636. The van der Waals surface area contributed by atoms with Crippen molar-refractivity contribution in [2.75, 3.05) is 20.3 Å². The van der Waals surface area contributed by atoms with Crippen LogP contribution in [0.1, 0.15) is 46.2 Å². The van der Waals surface area contributed by atoms with E-state index in [1.54, 1.807) is 24.1 Å². The van der Waals surface area contributed by atoms with Gasteiger partial charge in [-0.25, -0.2) is 9.78 Å². The van der Waals surface area contributed by atoms with E-state index in [0.29, 0.717) is 23.6 Å². The fourth-order valence-electron chi connectivity index (χ4n) is 6.86. The molecule has 12 heteroatoms. The van der Waals surface area contributed by atoms with Gasteiger partial charge in [0.25, 0.3) is 0 Å². The maximum absolute atomic E-state index is 13.2. The molecule has 1 aromatic heterocycles. The molecule has 45 heavy (non-hydrogen) atoms. The molecule has 1 saturated heterocycles. The fourth-order valence-corrected chi connectivity index (χ4v) is 6.86. The third-order valence-electron chi connectivity index (χ3n) is 9.60. The molecular formula is C33H46AcN2O9. The van der Waals surface area contributed by atoms with Crippen LogP contribution in [0.25, 0.3) is 6.08 Å². The number of aliphatic hydroxyl groups is 3. The van der Waals surface area contributed by atoms with E-state index in [1.807, 2.05) is 32.3 Å². The number of carbonyl (C=O) groups excluding carboxylic acids is 1. The summed E-state index contributed by atoms with van der Waals surface area (Å²) in [5.41, 5.74) is 1.50. The largest absolute Gasteiger partial charge is 0.456 e. The van der Waals surface area contributed by atoms with E-state index in [0.717, 1.165) is 6.42 Å². The second-order valence-corrected chi connectivity index (χ2v) is 13.0. The van der Waals surface area contributed by atoms with Crippen molar-refractivity contribution < 1.29 is 87.9 Å². The molecule has 9 unspecified atom stereocenters. The summed E-state index contributed by atoms with van der Waals surface area (Å²) in [6, 6.07) is 0. The number of esters is 1. The van der Waals surface area contributed by atoms with Gasteiger partial charge in [-0.1, -0.05) is 31.6 Å². The Morgan fingerprint density at radius 2 is 2.00 bits per heavy atom. The van der Waals surface area contributed by atoms with E-state index in [2.05, 4.69) is 37.9 Å². The summed E-state index contributed by atoms with van der Waals surface area (Å²) in [4.78, 5) is 17.4. The second kappa shape index (κ2) is 14.9. The van der Waals surface area contributed by atoms with Crippen molar-refractivity contribution in [2.45, 2.75) is 82.6 Å². The van der Waals surface area contributed by atoms with E-state index in [4.69, 9.17) is 23.7 Å². The third-order valence-corrected chi connectivity index (χ3v) is 9.60. The van der Waals surface area contributed by atoms with Gasteiger partial charge in [0.05, 0.1) is 25.2 Å². The standard InChI is InChI=1S/C33H46N2O9.Ac/c1-19(2)23-9-7-20(3)24-14-27(43-28(37)10-8-22-15-35(5)18-34-22)32(4)11-12-33(40-6,44-32)21(13-25(23)24)16-41-31-30(39)29(38)26(36)17-42-31;/h7-8,10-13,15,18-19,23-27,29-31,36,38-39H,9,14,16-17H2,1-6H3;/b10-8+,21-13-;/t23-,24?,25?,26?,27?,29?,30?,31?,32?,33?;/m1./s1. The first-order valence-electron chi connectivity index (χ1n) is 15.3. The van der Waals surface area contributed by atoms with E-state index in [1.165, 1.54) is 11.6 Å². The average molecular weight is 842 g/mol. The van der Waals surface area contributed by atoms with Gasteiger partial charge in [-0.15, -0.1) is 0 Å². The molecule has 4 heterocycles. The second-order valence-electron chi connectivity index (χ2n) is 13.0. The first-order valence-corrected chi connectivity index (χ1v) is 15.3. The molecule has 10 atom stereocenters. The van der Waals surface area contributed by atoms with E-state index < -0.39 is 48.1 Å². The summed E-state index contributed by atoms with van der Waals surface area (Å²) in [6.07, 6.45) is 10.2. The summed E-state index contributed by atoms with van der Waals surface area (Å²) in [5, 5.41) is 30.6. The quantitative estimate of drug-likeness (QED) is 0.204. The molecule has 4 aliphatic rings. The number of ether oxygens (including phenoxy) is 5. The summed E-state index contributed by atoms with van der Waals surface area (Å²) in [5.74, 6) is -1.11. The first-order chi connectivity index (χ1) is 20.9. The summed E-state index contributed by atoms with van der Waals surface area (Å²) in [6.45, 7) is 8.23. The van der Waals surface area contributed by atoms with Gasteiger partial charge in [0.15, 0.2) is 6.29 Å². The molecule has 1 aromatic rings. The molecule has 0 amide bonds. The van der Waals surface area contributed by atoms with Crippen LogP contribution >= 0.6 is 0 Å². The molecule has 0 spiro atoms. The molecule has 2 bridgehead atoms. The smallest absolute Gasteiger partial charge is 0.331 e. The summed E-state index contributed by atoms with van der Waals surface area (Å²) >= 11 is 0. The predicted octanol–water partition coefficient (Wildman–Crippen LogP) is 2.67. The number of aryl methyl sites for hydroxylation is 1. The Morgan fingerprint density at radius 3 is 2.67 bits per heavy atom. The van der Waals surface area contributed by atoms with Gasteiger partial charge in [0, 0.05) is 76.1 Å². The van der Waals surface area contributed by atoms with Crippen LogP contribution in [-0.2, 0) is 35.5 Å². The molecule has 245 valence electrons. The van der Waals surface area contributed by atoms with Crippen molar-refractivity contribution in [3.8, 4) is 0 Å². The Morgan fingerprint density at radius 1 is 1.24 bits per heavy atom. The number of fused-ring (bicyclic) bond motifs is 3. The maximum atomic E-state index is 13.2. The Balaban J connectivity index is 0.00000461. The number of hydrogen-bond acceptors (Lipinski definition) is 10. The molecule has 11 nitrogen and oxygen atoms in total. The van der Waals surface area contributed by atoms with Gasteiger partial charge in [0.2, 0.25) is 5.79 Å². The van der Waals surface area contributed by atoms with Gasteiger partial charge in [-0.05, 0) is 68.6 Å². The van der Waals surface area contributed by atoms with Crippen molar-refractivity contribution in [3.05, 3.63) is 59.7 Å². The topological polar surface area (TPSA) is 142 Å². The van der Waals surface area contributed by atoms with Crippen LogP contribution in [-0.4, -0.2) is 93.3 Å². The number of hydrogen-bond donors (Lipinski definition) is 3.